The molecule has 3 aromatic rings. The fraction of sp³-hybridized carbons (Fsp3) is 0.222. The summed E-state index contributed by atoms with van der Waals surface area (Å²) < 4.78 is 1.95. The highest BCUT2D eigenvalue weighted by Crippen LogP contribution is 2.24. The summed E-state index contributed by atoms with van der Waals surface area (Å²) in [6.07, 6.45) is 3.85. The first kappa shape index (κ1) is 14.5. The molecule has 0 spiro atoms. The van der Waals surface area contributed by atoms with Gasteiger partial charge in [-0.2, -0.15) is 0 Å². The Bertz CT molecular complexity index is 701. The molecule has 2 N–H and O–H groups in total. The van der Waals surface area contributed by atoms with Crippen LogP contribution in [0.5, 0.6) is 0 Å². The second-order valence-electron chi connectivity index (χ2n) is 5.28. The normalized spacial score (nSPS) is 10.8. The van der Waals surface area contributed by atoms with Gasteiger partial charge in [0.15, 0.2) is 0 Å². The van der Waals surface area contributed by atoms with Crippen LogP contribution in [0, 0.1) is 0 Å². The van der Waals surface area contributed by atoms with Crippen LogP contribution in [0.3, 0.4) is 0 Å². The minimum Gasteiger partial charge on any atom is -0.330 e. The van der Waals surface area contributed by atoms with Crippen molar-refractivity contribution >= 4 is 0 Å². The summed E-state index contributed by atoms with van der Waals surface area (Å²) in [5, 5.41) is 8.21. The Labute approximate surface area is 130 Å². The summed E-state index contributed by atoms with van der Waals surface area (Å²) in [7, 11) is 0. The lowest BCUT2D eigenvalue weighted by Crippen LogP contribution is -2.05. The molecule has 3 rings (SSSR count). The lowest BCUT2D eigenvalue weighted by Gasteiger charge is -2.07. The third-order valence-corrected chi connectivity index (χ3v) is 3.73. The lowest BCUT2D eigenvalue weighted by atomic mass is 10.0. The van der Waals surface area contributed by atoms with Crippen LogP contribution < -0.4 is 5.73 Å². The van der Waals surface area contributed by atoms with Crippen molar-refractivity contribution in [3.05, 3.63) is 60.8 Å². The van der Waals surface area contributed by atoms with Gasteiger partial charge in [-0.05, 0) is 30.5 Å². The zero-order valence-corrected chi connectivity index (χ0v) is 12.5. The second-order valence-corrected chi connectivity index (χ2v) is 5.28. The van der Waals surface area contributed by atoms with Crippen molar-refractivity contribution in [3.63, 3.8) is 0 Å². The molecule has 0 aliphatic rings. The zero-order chi connectivity index (χ0) is 15.2. The third-order valence-electron chi connectivity index (χ3n) is 3.73. The highest BCUT2D eigenvalue weighted by Gasteiger charge is 2.07. The van der Waals surface area contributed by atoms with Gasteiger partial charge < -0.3 is 5.73 Å². The van der Waals surface area contributed by atoms with Crippen molar-refractivity contribution in [1.82, 2.24) is 15.0 Å². The summed E-state index contributed by atoms with van der Waals surface area (Å²) in [5.74, 6) is 0. The predicted molar refractivity (Wildman–Crippen MR) is 89.2 cm³/mol. The average molecular weight is 292 g/mol. The van der Waals surface area contributed by atoms with E-state index in [1.807, 2.05) is 16.9 Å². The molecule has 0 bridgehead atoms. The lowest BCUT2D eigenvalue weighted by molar-refractivity contribution is 0.549. The first-order valence-electron chi connectivity index (χ1n) is 7.63. The maximum Gasteiger partial charge on any atom is 0.0885 e. The van der Waals surface area contributed by atoms with Crippen molar-refractivity contribution in [1.29, 1.82) is 0 Å². The molecule has 0 radical (unpaired) electrons. The van der Waals surface area contributed by atoms with Gasteiger partial charge in [0.25, 0.3) is 0 Å². The van der Waals surface area contributed by atoms with Crippen LogP contribution in [0.4, 0.5) is 0 Å². The fourth-order valence-electron chi connectivity index (χ4n) is 2.52. The third kappa shape index (κ3) is 3.23. The van der Waals surface area contributed by atoms with Gasteiger partial charge in [0.1, 0.15) is 0 Å². The molecule has 4 heteroatoms. The van der Waals surface area contributed by atoms with Crippen LogP contribution >= 0.6 is 0 Å². The molecule has 0 unspecified atom stereocenters. The smallest absolute Gasteiger partial charge is 0.0885 e. The van der Waals surface area contributed by atoms with Gasteiger partial charge >= 0.3 is 0 Å². The van der Waals surface area contributed by atoms with Crippen LogP contribution in [0.15, 0.2) is 60.8 Å². The molecule has 112 valence electrons. The van der Waals surface area contributed by atoms with E-state index in [2.05, 4.69) is 58.8 Å². The molecule has 4 nitrogen and oxygen atoms in total. The van der Waals surface area contributed by atoms with Crippen LogP contribution in [-0.2, 0) is 6.54 Å². The largest absolute Gasteiger partial charge is 0.330 e. The Morgan fingerprint density at radius 1 is 0.818 bits per heavy atom. The highest BCUT2D eigenvalue weighted by atomic mass is 15.4. The van der Waals surface area contributed by atoms with Crippen molar-refractivity contribution < 1.29 is 0 Å². The van der Waals surface area contributed by atoms with Gasteiger partial charge in [0.05, 0.1) is 11.9 Å². The average Bonchev–Trinajstić information content (AvgIpc) is 3.05. The molecule has 0 aliphatic heterocycles. The monoisotopic (exact) mass is 292 g/mol. The number of unbranched alkanes of at least 4 members (excludes halogenated alkanes) is 1. The van der Waals surface area contributed by atoms with Gasteiger partial charge in [0.2, 0.25) is 0 Å². The number of nitrogens with two attached hydrogens (primary N) is 1. The predicted octanol–water partition coefficient (Wildman–Crippen LogP) is 3.35. The molecular weight excluding hydrogens is 272 g/mol. The van der Waals surface area contributed by atoms with Crippen molar-refractivity contribution in [2.75, 3.05) is 6.54 Å². The van der Waals surface area contributed by atoms with Crippen molar-refractivity contribution in [3.8, 4) is 22.4 Å². The van der Waals surface area contributed by atoms with E-state index in [-0.39, 0.29) is 0 Å². The maximum absolute atomic E-state index is 5.54. The Hall–Kier alpha value is -2.46. The maximum atomic E-state index is 5.54. The Balaban J connectivity index is 1.80. The molecule has 0 fully saturated rings. The van der Waals surface area contributed by atoms with E-state index < -0.39 is 0 Å². The van der Waals surface area contributed by atoms with Gasteiger partial charge in [-0.1, -0.05) is 59.8 Å². The van der Waals surface area contributed by atoms with Crippen molar-refractivity contribution in [2.45, 2.75) is 19.4 Å². The van der Waals surface area contributed by atoms with Gasteiger partial charge in [0, 0.05) is 12.1 Å². The summed E-state index contributed by atoms with van der Waals surface area (Å²) in [6.45, 7) is 1.57. The summed E-state index contributed by atoms with van der Waals surface area (Å²) in [4.78, 5) is 0. The molecule has 22 heavy (non-hydrogen) atoms. The van der Waals surface area contributed by atoms with Crippen LogP contribution in [0.2, 0.25) is 0 Å². The van der Waals surface area contributed by atoms with Gasteiger partial charge in [-0.15, -0.1) is 5.10 Å². The molecule has 0 aliphatic carbocycles. The molecule has 2 aromatic carbocycles. The Morgan fingerprint density at radius 3 is 2.23 bits per heavy atom. The van der Waals surface area contributed by atoms with Crippen molar-refractivity contribution in [2.24, 2.45) is 5.73 Å². The quantitative estimate of drug-likeness (QED) is 0.709. The van der Waals surface area contributed by atoms with Gasteiger partial charge in [-0.3, -0.25) is 0 Å². The molecule has 0 atom stereocenters. The number of benzene rings is 2. The number of aryl methyl sites for hydroxylation is 1. The van der Waals surface area contributed by atoms with Gasteiger partial charge in [-0.25, -0.2) is 4.68 Å². The number of hydrogen-bond acceptors (Lipinski definition) is 3. The summed E-state index contributed by atoms with van der Waals surface area (Å²) in [6, 6.07) is 18.9. The molecule has 0 saturated heterocycles. The minimum absolute atomic E-state index is 0.718. The van der Waals surface area contributed by atoms with E-state index in [1.165, 1.54) is 11.1 Å². The summed E-state index contributed by atoms with van der Waals surface area (Å²) >= 11 is 0. The molecular formula is C18H20N4. The van der Waals surface area contributed by atoms with E-state index in [9.17, 15) is 0 Å². The first-order chi connectivity index (χ1) is 10.9. The van der Waals surface area contributed by atoms with Crippen LogP contribution in [0.25, 0.3) is 22.4 Å². The molecule has 1 aromatic heterocycles. The summed E-state index contributed by atoms with van der Waals surface area (Å²) in [5.41, 5.74) is 10.2. The minimum atomic E-state index is 0.718. The number of aromatic nitrogens is 3. The number of rotatable bonds is 6. The topological polar surface area (TPSA) is 56.7 Å². The Kier molecular flexibility index (Phi) is 4.61. The number of hydrogen-bond donors (Lipinski definition) is 1. The van der Waals surface area contributed by atoms with E-state index in [0.717, 1.165) is 37.2 Å². The SMILES string of the molecule is NCCCCn1nncc1-c1ccc(-c2ccccc2)cc1. The molecule has 1 heterocycles. The fourth-order valence-corrected chi connectivity index (χ4v) is 2.52. The second kappa shape index (κ2) is 7.00. The Morgan fingerprint density at radius 2 is 1.50 bits per heavy atom. The van der Waals surface area contributed by atoms with E-state index in [1.54, 1.807) is 0 Å². The van der Waals surface area contributed by atoms with Crippen LogP contribution in [0.1, 0.15) is 12.8 Å². The highest BCUT2D eigenvalue weighted by molar-refractivity contribution is 5.68. The van der Waals surface area contributed by atoms with Crippen LogP contribution in [-0.4, -0.2) is 21.5 Å². The first-order valence-corrected chi connectivity index (χ1v) is 7.63. The zero-order valence-electron chi connectivity index (χ0n) is 12.5. The van der Waals surface area contributed by atoms with E-state index in [0.29, 0.717) is 0 Å². The van der Waals surface area contributed by atoms with E-state index in [4.69, 9.17) is 5.73 Å². The van der Waals surface area contributed by atoms with E-state index >= 15 is 0 Å². The number of nitrogens with zero attached hydrogens (tertiary/aromatic N) is 3. The standard InChI is InChI=1S/C18H20N4/c19-12-4-5-13-22-18(14-20-21-22)17-10-8-16(9-11-17)15-6-2-1-3-7-15/h1-3,6-11,14H,4-5,12-13,19H2. The molecule has 0 amide bonds. The molecule has 0 saturated carbocycles.